The third-order valence-electron chi connectivity index (χ3n) is 5.45. The molecule has 1 saturated heterocycles. The second-order valence-corrected chi connectivity index (χ2v) is 8.35. The number of nitrogens with one attached hydrogen (secondary N) is 1. The van der Waals surface area contributed by atoms with Crippen LogP contribution in [0.5, 0.6) is 0 Å². The summed E-state index contributed by atoms with van der Waals surface area (Å²) in [5.74, 6) is 0.836. The quantitative estimate of drug-likeness (QED) is 0.825. The summed E-state index contributed by atoms with van der Waals surface area (Å²) in [6.07, 6.45) is 2.24. The largest absolute Gasteiger partial charge is 0.350 e. The van der Waals surface area contributed by atoms with E-state index in [0.29, 0.717) is 29.6 Å². The number of aryl methyl sites for hydroxylation is 2. The Bertz CT molecular complexity index is 822. The van der Waals surface area contributed by atoms with Gasteiger partial charge in [0.1, 0.15) is 5.82 Å². The molecule has 1 aromatic heterocycles. The highest BCUT2D eigenvalue weighted by Crippen LogP contribution is 2.23. The summed E-state index contributed by atoms with van der Waals surface area (Å²) in [4.78, 5) is 15.1. The third-order valence-corrected chi connectivity index (χ3v) is 5.45. The number of likely N-dealkylation sites (tertiary alicyclic amines) is 1. The van der Waals surface area contributed by atoms with Gasteiger partial charge in [-0.3, -0.25) is 9.48 Å². The van der Waals surface area contributed by atoms with Crippen molar-refractivity contribution in [2.45, 2.75) is 33.6 Å². The number of nitrogens with zero attached hydrogens (tertiary/aromatic N) is 3. The molecule has 2 aromatic rings. The predicted molar refractivity (Wildman–Crippen MR) is 110 cm³/mol. The smallest absolute Gasteiger partial charge is 0.271 e. The van der Waals surface area contributed by atoms with Crippen molar-refractivity contribution in [1.29, 1.82) is 0 Å². The van der Waals surface area contributed by atoms with E-state index in [0.717, 1.165) is 43.7 Å². The average Bonchev–Trinajstić information content (AvgIpc) is 3.04. The molecule has 0 radical (unpaired) electrons. The molecule has 1 aromatic carbocycles. The van der Waals surface area contributed by atoms with Gasteiger partial charge < -0.3 is 10.2 Å². The number of hydrogen-bond donors (Lipinski definition) is 1. The van der Waals surface area contributed by atoms with Gasteiger partial charge in [-0.2, -0.15) is 5.10 Å². The van der Waals surface area contributed by atoms with Crippen LogP contribution in [-0.4, -0.2) is 46.8 Å². The molecule has 0 bridgehead atoms. The summed E-state index contributed by atoms with van der Waals surface area (Å²) < 4.78 is 15.2. The maximum absolute atomic E-state index is 13.5. The minimum atomic E-state index is -0.233. The normalized spacial score (nSPS) is 15.9. The van der Waals surface area contributed by atoms with Gasteiger partial charge in [0, 0.05) is 25.7 Å². The molecule has 1 aliphatic rings. The molecule has 0 aliphatic carbocycles. The fourth-order valence-corrected chi connectivity index (χ4v) is 3.87. The maximum atomic E-state index is 13.5. The lowest BCUT2D eigenvalue weighted by Crippen LogP contribution is -2.40. The highest BCUT2D eigenvalue weighted by Gasteiger charge is 2.21. The van der Waals surface area contributed by atoms with Crippen LogP contribution in [0.15, 0.2) is 24.3 Å². The number of amides is 1. The number of carbonyl (C=O) groups is 1. The monoisotopic (exact) mass is 386 g/mol. The summed E-state index contributed by atoms with van der Waals surface area (Å²) in [7, 11) is 1.80. The molecular formula is C22H31FN4O. The molecule has 1 fully saturated rings. The van der Waals surface area contributed by atoms with Gasteiger partial charge in [-0.25, -0.2) is 4.39 Å². The van der Waals surface area contributed by atoms with E-state index in [4.69, 9.17) is 0 Å². The van der Waals surface area contributed by atoms with E-state index >= 15 is 0 Å². The Morgan fingerprint density at radius 1 is 1.29 bits per heavy atom. The van der Waals surface area contributed by atoms with Crippen LogP contribution in [0.4, 0.5) is 4.39 Å². The highest BCUT2D eigenvalue weighted by molar-refractivity contribution is 5.93. The molecule has 5 nitrogen and oxygen atoms in total. The van der Waals surface area contributed by atoms with Crippen LogP contribution in [0.1, 0.15) is 42.7 Å². The summed E-state index contributed by atoms with van der Waals surface area (Å²) in [5.41, 5.74) is 2.63. The molecule has 0 unspecified atom stereocenters. The predicted octanol–water partition coefficient (Wildman–Crippen LogP) is 3.63. The zero-order valence-corrected chi connectivity index (χ0v) is 17.3. The number of piperidine rings is 1. The SMILES string of the molecule is Cc1cc(-c2cc(C(=O)NCC3CCN(CC(C)C)CC3)nn2C)ccc1F. The molecule has 28 heavy (non-hydrogen) atoms. The minimum absolute atomic E-state index is 0.148. The standard InChI is InChI=1S/C22H31FN4O/c1-15(2)14-27-9-7-17(8-10-27)13-24-22(28)20-12-21(26(4)25-20)18-5-6-19(23)16(3)11-18/h5-6,11-12,15,17H,7-10,13-14H2,1-4H3,(H,24,28). The van der Waals surface area contributed by atoms with Gasteiger partial charge in [0.15, 0.2) is 5.69 Å². The van der Waals surface area contributed by atoms with E-state index in [9.17, 15) is 9.18 Å². The zero-order chi connectivity index (χ0) is 20.3. The first-order valence-electron chi connectivity index (χ1n) is 10.1. The van der Waals surface area contributed by atoms with E-state index < -0.39 is 0 Å². The van der Waals surface area contributed by atoms with E-state index in [-0.39, 0.29) is 11.7 Å². The molecule has 152 valence electrons. The minimum Gasteiger partial charge on any atom is -0.350 e. The van der Waals surface area contributed by atoms with Gasteiger partial charge in [-0.15, -0.1) is 0 Å². The Hall–Kier alpha value is -2.21. The average molecular weight is 387 g/mol. The molecule has 0 spiro atoms. The second-order valence-electron chi connectivity index (χ2n) is 8.35. The summed E-state index contributed by atoms with van der Waals surface area (Å²) in [6, 6.07) is 6.71. The van der Waals surface area contributed by atoms with Crippen molar-refractivity contribution in [3.63, 3.8) is 0 Å². The topological polar surface area (TPSA) is 50.2 Å². The first kappa shape index (κ1) is 20.5. The van der Waals surface area contributed by atoms with Gasteiger partial charge in [0.25, 0.3) is 5.91 Å². The Balaban J connectivity index is 1.56. The first-order chi connectivity index (χ1) is 13.3. The number of benzene rings is 1. The van der Waals surface area contributed by atoms with Crippen molar-refractivity contribution >= 4 is 5.91 Å². The lowest BCUT2D eigenvalue weighted by molar-refractivity contribution is 0.0929. The van der Waals surface area contributed by atoms with Gasteiger partial charge >= 0.3 is 0 Å². The Morgan fingerprint density at radius 3 is 2.64 bits per heavy atom. The Morgan fingerprint density at radius 2 is 2.00 bits per heavy atom. The number of hydrogen-bond acceptors (Lipinski definition) is 3. The van der Waals surface area contributed by atoms with Crippen molar-refractivity contribution in [2.75, 3.05) is 26.2 Å². The Kier molecular flexibility index (Phi) is 6.50. The molecular weight excluding hydrogens is 355 g/mol. The Labute approximate surface area is 166 Å². The van der Waals surface area contributed by atoms with Crippen LogP contribution < -0.4 is 5.32 Å². The summed E-state index contributed by atoms with van der Waals surface area (Å²) in [5, 5.41) is 7.39. The fraction of sp³-hybridized carbons (Fsp3) is 0.545. The number of halogens is 1. The van der Waals surface area contributed by atoms with Crippen LogP contribution in [0.2, 0.25) is 0 Å². The van der Waals surface area contributed by atoms with Gasteiger partial charge in [0.05, 0.1) is 5.69 Å². The van der Waals surface area contributed by atoms with E-state index in [1.54, 1.807) is 36.9 Å². The highest BCUT2D eigenvalue weighted by atomic mass is 19.1. The fourth-order valence-electron chi connectivity index (χ4n) is 3.87. The first-order valence-corrected chi connectivity index (χ1v) is 10.1. The molecule has 0 atom stereocenters. The third kappa shape index (κ3) is 4.98. The van der Waals surface area contributed by atoms with Crippen LogP contribution >= 0.6 is 0 Å². The van der Waals surface area contributed by atoms with Gasteiger partial charge in [0.2, 0.25) is 0 Å². The van der Waals surface area contributed by atoms with Crippen LogP contribution in [0, 0.1) is 24.6 Å². The number of rotatable bonds is 6. The molecule has 3 rings (SSSR count). The lowest BCUT2D eigenvalue weighted by Gasteiger charge is -2.32. The van der Waals surface area contributed by atoms with Crippen molar-refractivity contribution < 1.29 is 9.18 Å². The van der Waals surface area contributed by atoms with E-state index in [1.807, 2.05) is 0 Å². The van der Waals surface area contributed by atoms with Crippen LogP contribution in [-0.2, 0) is 7.05 Å². The summed E-state index contributed by atoms with van der Waals surface area (Å²) >= 11 is 0. The van der Waals surface area contributed by atoms with Crippen LogP contribution in [0.25, 0.3) is 11.3 Å². The molecule has 6 heteroatoms. The molecule has 0 saturated carbocycles. The maximum Gasteiger partial charge on any atom is 0.271 e. The zero-order valence-electron chi connectivity index (χ0n) is 17.3. The lowest BCUT2D eigenvalue weighted by atomic mass is 9.96. The van der Waals surface area contributed by atoms with Crippen molar-refractivity contribution in [3.8, 4) is 11.3 Å². The van der Waals surface area contributed by atoms with Crippen molar-refractivity contribution in [2.24, 2.45) is 18.9 Å². The van der Waals surface area contributed by atoms with E-state index in [2.05, 4.69) is 29.2 Å². The van der Waals surface area contributed by atoms with Crippen molar-refractivity contribution in [1.82, 2.24) is 20.0 Å². The van der Waals surface area contributed by atoms with Gasteiger partial charge in [-0.1, -0.05) is 13.8 Å². The molecule has 2 heterocycles. The van der Waals surface area contributed by atoms with Crippen LogP contribution in [0.3, 0.4) is 0 Å². The van der Waals surface area contributed by atoms with Gasteiger partial charge in [-0.05, 0) is 74.5 Å². The number of aromatic nitrogens is 2. The molecule has 1 aliphatic heterocycles. The molecule has 1 N–H and O–H groups in total. The number of carbonyl (C=O) groups excluding carboxylic acids is 1. The summed E-state index contributed by atoms with van der Waals surface area (Å²) in [6.45, 7) is 10.3. The van der Waals surface area contributed by atoms with E-state index in [1.165, 1.54) is 6.07 Å². The molecule has 1 amide bonds. The second kappa shape index (κ2) is 8.86. The van der Waals surface area contributed by atoms with Crippen molar-refractivity contribution in [3.05, 3.63) is 41.3 Å².